The maximum Gasteiger partial charge on any atom is 0.196 e. The summed E-state index contributed by atoms with van der Waals surface area (Å²) in [5, 5.41) is 7.32. The van der Waals surface area contributed by atoms with E-state index in [1.807, 2.05) is 38.1 Å². The Balaban J connectivity index is 2.08. The lowest BCUT2D eigenvalue weighted by Gasteiger charge is -2.27. The first-order chi connectivity index (χ1) is 9.59. The average molecular weight is 334 g/mol. The smallest absolute Gasteiger partial charge is 0.196 e. The number of aromatic nitrogens is 2. The number of anilines is 1. The van der Waals surface area contributed by atoms with Crippen molar-refractivity contribution in [2.24, 2.45) is 10.7 Å². The normalized spacial score (nSPS) is 18.4. The summed E-state index contributed by atoms with van der Waals surface area (Å²) in [4.78, 5) is 6.48. The highest BCUT2D eigenvalue weighted by molar-refractivity contribution is 9.10. The van der Waals surface area contributed by atoms with Crippen molar-refractivity contribution in [2.45, 2.75) is 19.9 Å². The van der Waals surface area contributed by atoms with Crippen LogP contribution in [0.4, 0.5) is 5.69 Å². The molecule has 3 rings (SSSR count). The van der Waals surface area contributed by atoms with E-state index < -0.39 is 0 Å². The first-order valence-corrected chi connectivity index (χ1v) is 7.24. The molecule has 0 amide bonds. The van der Waals surface area contributed by atoms with E-state index in [9.17, 15) is 0 Å². The number of aromatic amines is 1. The molecular weight excluding hydrogens is 318 g/mol. The lowest BCUT2D eigenvalue weighted by atomic mass is 10.0. The van der Waals surface area contributed by atoms with Gasteiger partial charge < -0.3 is 10.6 Å². The van der Waals surface area contributed by atoms with Gasteiger partial charge in [0.05, 0.1) is 24.0 Å². The van der Waals surface area contributed by atoms with Crippen LogP contribution in [-0.4, -0.2) is 22.7 Å². The van der Waals surface area contributed by atoms with E-state index in [0.29, 0.717) is 12.5 Å². The van der Waals surface area contributed by atoms with E-state index in [1.54, 1.807) is 0 Å². The molecule has 5 nitrogen and oxygen atoms in total. The minimum Gasteiger partial charge on any atom is -0.369 e. The summed E-state index contributed by atoms with van der Waals surface area (Å²) in [7, 11) is 0. The SMILES string of the molecule is Cc1n[nH]c(C)c1C1CN=C(N)N1c1ccccc1Br. The monoisotopic (exact) mass is 333 g/mol. The third-order valence-corrected chi connectivity index (χ3v) is 4.29. The quantitative estimate of drug-likeness (QED) is 0.887. The second-order valence-corrected chi connectivity index (χ2v) is 5.74. The van der Waals surface area contributed by atoms with Crippen LogP contribution in [0, 0.1) is 13.8 Å². The van der Waals surface area contributed by atoms with E-state index in [0.717, 1.165) is 21.5 Å². The number of aryl methyl sites for hydroxylation is 2. The number of benzene rings is 1. The van der Waals surface area contributed by atoms with Crippen molar-refractivity contribution in [3.8, 4) is 0 Å². The Kier molecular flexibility index (Phi) is 3.25. The third kappa shape index (κ3) is 2.00. The Bertz CT molecular complexity index is 656. The molecule has 104 valence electrons. The molecule has 0 bridgehead atoms. The van der Waals surface area contributed by atoms with Gasteiger partial charge in [0.1, 0.15) is 0 Å². The molecule has 0 fully saturated rings. The van der Waals surface area contributed by atoms with Crippen LogP contribution in [0.15, 0.2) is 33.7 Å². The molecule has 1 aliphatic heterocycles. The fraction of sp³-hybridized carbons (Fsp3) is 0.286. The van der Waals surface area contributed by atoms with Gasteiger partial charge in [-0.2, -0.15) is 5.10 Å². The summed E-state index contributed by atoms with van der Waals surface area (Å²) in [5.41, 5.74) is 10.4. The molecule has 1 aromatic carbocycles. The van der Waals surface area contributed by atoms with Crippen LogP contribution in [0.5, 0.6) is 0 Å². The Hall–Kier alpha value is -1.82. The van der Waals surface area contributed by atoms with E-state index in [2.05, 4.69) is 36.0 Å². The molecule has 2 heterocycles. The van der Waals surface area contributed by atoms with Gasteiger partial charge in [0.15, 0.2) is 5.96 Å². The van der Waals surface area contributed by atoms with Crippen LogP contribution in [-0.2, 0) is 0 Å². The van der Waals surface area contributed by atoms with Crippen molar-refractivity contribution in [2.75, 3.05) is 11.4 Å². The molecule has 0 spiro atoms. The summed E-state index contributed by atoms with van der Waals surface area (Å²) in [6, 6.07) is 8.12. The molecule has 3 N–H and O–H groups in total. The molecule has 6 heteroatoms. The van der Waals surface area contributed by atoms with Crippen LogP contribution in [0.1, 0.15) is 23.0 Å². The van der Waals surface area contributed by atoms with Gasteiger partial charge in [-0.15, -0.1) is 0 Å². The molecule has 1 atom stereocenters. The van der Waals surface area contributed by atoms with Crippen LogP contribution >= 0.6 is 15.9 Å². The lowest BCUT2D eigenvalue weighted by Crippen LogP contribution is -2.36. The first-order valence-electron chi connectivity index (χ1n) is 6.44. The zero-order valence-corrected chi connectivity index (χ0v) is 13.0. The Morgan fingerprint density at radius 1 is 1.35 bits per heavy atom. The molecular formula is C14H16BrN5. The number of rotatable bonds is 2. The van der Waals surface area contributed by atoms with E-state index >= 15 is 0 Å². The van der Waals surface area contributed by atoms with Crippen molar-refractivity contribution in [1.29, 1.82) is 0 Å². The van der Waals surface area contributed by atoms with Gasteiger partial charge in [-0.3, -0.25) is 10.1 Å². The number of hydrogen-bond acceptors (Lipinski definition) is 4. The zero-order valence-electron chi connectivity index (χ0n) is 11.4. The van der Waals surface area contributed by atoms with E-state index in [4.69, 9.17) is 5.73 Å². The van der Waals surface area contributed by atoms with Crippen molar-refractivity contribution < 1.29 is 0 Å². The Morgan fingerprint density at radius 2 is 2.10 bits per heavy atom. The number of nitrogens with zero attached hydrogens (tertiary/aromatic N) is 3. The van der Waals surface area contributed by atoms with Crippen molar-refractivity contribution in [1.82, 2.24) is 10.2 Å². The van der Waals surface area contributed by atoms with Gasteiger partial charge in [-0.1, -0.05) is 12.1 Å². The van der Waals surface area contributed by atoms with Gasteiger partial charge in [-0.05, 0) is 41.9 Å². The maximum atomic E-state index is 6.10. The summed E-state index contributed by atoms with van der Waals surface area (Å²) < 4.78 is 1.00. The van der Waals surface area contributed by atoms with Crippen molar-refractivity contribution >= 4 is 27.6 Å². The number of aliphatic imine (C=N–C) groups is 1. The minimum atomic E-state index is 0.0902. The molecule has 0 aliphatic carbocycles. The largest absolute Gasteiger partial charge is 0.369 e. The Morgan fingerprint density at radius 3 is 2.75 bits per heavy atom. The second-order valence-electron chi connectivity index (χ2n) is 4.88. The van der Waals surface area contributed by atoms with Crippen molar-refractivity contribution in [3.05, 3.63) is 45.7 Å². The highest BCUT2D eigenvalue weighted by Gasteiger charge is 2.32. The van der Waals surface area contributed by atoms with Gasteiger partial charge in [0.2, 0.25) is 0 Å². The fourth-order valence-corrected chi connectivity index (χ4v) is 3.18. The lowest BCUT2D eigenvalue weighted by molar-refractivity contribution is 0.756. The summed E-state index contributed by atoms with van der Waals surface area (Å²) in [5.74, 6) is 0.543. The molecule has 0 radical (unpaired) electrons. The Labute approximate surface area is 126 Å². The number of H-pyrrole nitrogens is 1. The van der Waals surface area contributed by atoms with Gasteiger partial charge in [0.25, 0.3) is 0 Å². The maximum absolute atomic E-state index is 6.10. The van der Waals surface area contributed by atoms with Gasteiger partial charge >= 0.3 is 0 Å². The van der Waals surface area contributed by atoms with Gasteiger partial charge in [-0.25, -0.2) is 0 Å². The number of hydrogen-bond donors (Lipinski definition) is 2. The number of halogens is 1. The standard InChI is InChI=1S/C14H16BrN5/c1-8-13(9(2)19-18-8)12-7-17-14(16)20(12)11-6-4-3-5-10(11)15/h3-6,12H,7H2,1-2H3,(H2,16,17)(H,18,19). The van der Waals surface area contributed by atoms with Gasteiger partial charge in [0, 0.05) is 15.7 Å². The van der Waals surface area contributed by atoms with Crippen LogP contribution in [0.3, 0.4) is 0 Å². The molecule has 1 aliphatic rings. The first kappa shape index (κ1) is 13.2. The van der Waals surface area contributed by atoms with Crippen LogP contribution in [0.2, 0.25) is 0 Å². The molecule has 1 unspecified atom stereocenters. The predicted molar refractivity (Wildman–Crippen MR) is 83.9 cm³/mol. The van der Waals surface area contributed by atoms with Crippen LogP contribution in [0.25, 0.3) is 0 Å². The summed E-state index contributed by atoms with van der Waals surface area (Å²) in [6.45, 7) is 4.68. The molecule has 0 saturated carbocycles. The topological polar surface area (TPSA) is 70.3 Å². The number of guanidine groups is 1. The van der Waals surface area contributed by atoms with Crippen molar-refractivity contribution in [3.63, 3.8) is 0 Å². The summed E-state index contributed by atoms with van der Waals surface area (Å²) >= 11 is 3.59. The van der Waals surface area contributed by atoms with Crippen LogP contribution < -0.4 is 10.6 Å². The average Bonchev–Trinajstić information content (AvgIpc) is 2.94. The summed E-state index contributed by atoms with van der Waals surface area (Å²) in [6.07, 6.45) is 0. The number of nitrogens with two attached hydrogens (primary N) is 1. The number of nitrogens with one attached hydrogen (secondary N) is 1. The molecule has 2 aromatic rings. The minimum absolute atomic E-state index is 0.0902. The molecule has 20 heavy (non-hydrogen) atoms. The predicted octanol–water partition coefficient (Wildman–Crippen LogP) is 2.67. The fourth-order valence-electron chi connectivity index (χ4n) is 2.71. The highest BCUT2D eigenvalue weighted by Crippen LogP contribution is 2.37. The zero-order chi connectivity index (χ0) is 14.3. The highest BCUT2D eigenvalue weighted by atomic mass is 79.9. The number of para-hydroxylation sites is 1. The third-order valence-electron chi connectivity index (χ3n) is 3.62. The van der Waals surface area contributed by atoms with E-state index in [1.165, 1.54) is 5.56 Å². The van der Waals surface area contributed by atoms with E-state index in [-0.39, 0.29) is 6.04 Å². The molecule has 0 saturated heterocycles. The molecule has 1 aromatic heterocycles. The second kappa shape index (κ2) is 4.94.